The number of sulfone groups is 1. The van der Waals surface area contributed by atoms with Crippen molar-refractivity contribution in [1.29, 1.82) is 0 Å². The molecule has 2 N–H and O–H groups in total. The molecular formula is C35H37F3N2O10S. The summed E-state index contributed by atoms with van der Waals surface area (Å²) in [5.74, 6) is -5.44. The van der Waals surface area contributed by atoms with Crippen molar-refractivity contribution in [2.24, 2.45) is 0 Å². The Hall–Kier alpha value is -4.67. The Kier molecular flexibility index (Phi) is 10.2. The highest BCUT2D eigenvalue weighted by atomic mass is 32.2. The molecule has 4 atom stereocenters. The number of aliphatic hydroxyl groups excluding tert-OH is 1. The normalized spacial score (nSPS) is 22.3. The van der Waals surface area contributed by atoms with Crippen LogP contribution in [-0.2, 0) is 25.0 Å². The molecule has 1 fully saturated rings. The average molecular weight is 735 g/mol. The van der Waals surface area contributed by atoms with Crippen LogP contribution in [0.1, 0.15) is 51.4 Å². The first-order valence-corrected chi connectivity index (χ1v) is 17.4. The lowest BCUT2D eigenvalue weighted by molar-refractivity contribution is -0.275. The summed E-state index contributed by atoms with van der Waals surface area (Å²) in [5, 5.41) is 21.1. The lowest BCUT2D eigenvalue weighted by Crippen LogP contribution is -2.60. The molecule has 274 valence electrons. The number of Topliss-reactive ketones (excluding diaryl/α,β-unsaturated/α-hetero) is 1. The van der Waals surface area contributed by atoms with Crippen LogP contribution in [0.2, 0.25) is 0 Å². The number of hydrogen-bond donors (Lipinski definition) is 2. The fourth-order valence-corrected chi connectivity index (χ4v) is 8.85. The minimum absolute atomic E-state index is 0.0369. The highest BCUT2D eigenvalue weighted by Crippen LogP contribution is 2.53. The number of carbonyl (C=O) groups excluding carboxylic acids is 2. The topological polar surface area (TPSA) is 160 Å². The maximum absolute atomic E-state index is 15.1. The minimum Gasteiger partial charge on any atom is -0.497 e. The number of carboxylic acid groups (broad SMARTS) is 1. The van der Waals surface area contributed by atoms with Gasteiger partial charge >= 0.3 is 12.3 Å². The van der Waals surface area contributed by atoms with Crippen molar-refractivity contribution in [3.05, 3.63) is 82.4 Å². The number of aryl methyl sites for hydroxylation is 1. The number of carbonyl (C=O) groups is 3. The van der Waals surface area contributed by atoms with Crippen LogP contribution in [0.5, 0.6) is 17.2 Å². The Morgan fingerprint density at radius 2 is 1.71 bits per heavy atom. The van der Waals surface area contributed by atoms with E-state index >= 15 is 4.79 Å². The van der Waals surface area contributed by atoms with E-state index in [-0.39, 0.29) is 46.7 Å². The number of aromatic carboxylic acids is 1. The molecule has 0 radical (unpaired) electrons. The number of amides is 1. The summed E-state index contributed by atoms with van der Waals surface area (Å²) in [4.78, 5) is 43.2. The van der Waals surface area contributed by atoms with Crippen molar-refractivity contribution in [1.82, 2.24) is 9.80 Å². The highest BCUT2D eigenvalue weighted by Gasteiger charge is 2.59. The van der Waals surface area contributed by atoms with Gasteiger partial charge in [-0.2, -0.15) is 0 Å². The van der Waals surface area contributed by atoms with Crippen molar-refractivity contribution in [2.75, 3.05) is 40.6 Å². The second-order valence-electron chi connectivity index (χ2n) is 12.8. The van der Waals surface area contributed by atoms with Crippen molar-refractivity contribution in [2.45, 2.75) is 54.6 Å². The van der Waals surface area contributed by atoms with Gasteiger partial charge in [0.05, 0.1) is 37.7 Å². The zero-order valence-electron chi connectivity index (χ0n) is 28.4. The summed E-state index contributed by atoms with van der Waals surface area (Å²) in [6.45, 7) is 1.56. The van der Waals surface area contributed by atoms with Crippen LogP contribution in [0.3, 0.4) is 0 Å². The molecular weight excluding hydrogens is 697 g/mol. The van der Waals surface area contributed by atoms with Crippen molar-refractivity contribution < 1.29 is 60.4 Å². The van der Waals surface area contributed by atoms with E-state index in [1.165, 1.54) is 56.3 Å². The lowest BCUT2D eigenvalue weighted by Gasteiger charge is -2.49. The summed E-state index contributed by atoms with van der Waals surface area (Å²) in [5.41, 5.74) is -1.08. The van der Waals surface area contributed by atoms with Crippen LogP contribution >= 0.6 is 0 Å². The molecule has 1 aliphatic heterocycles. The number of methoxy groups -OCH3 is 2. The Morgan fingerprint density at radius 3 is 2.31 bits per heavy atom. The molecule has 1 saturated heterocycles. The summed E-state index contributed by atoms with van der Waals surface area (Å²) >= 11 is 0. The first kappa shape index (κ1) is 37.6. The SMILES string of the molecule is COc1ccc(S(=O)(=O)CC2CC(=O)C(c3cc(C)ccc3OC)(N3C[C@H](O)C[C@H]3C(=O)N(C)C)c3cc(C(=O)O)ccc32)c(OC(F)(F)F)c1. The van der Waals surface area contributed by atoms with Gasteiger partial charge in [-0.1, -0.05) is 17.7 Å². The van der Waals surface area contributed by atoms with Gasteiger partial charge in [-0.15, -0.1) is 13.2 Å². The van der Waals surface area contributed by atoms with Gasteiger partial charge in [0.1, 0.15) is 21.9 Å². The van der Waals surface area contributed by atoms with Crippen molar-refractivity contribution in [3.63, 3.8) is 0 Å². The zero-order chi connectivity index (χ0) is 37.6. The van der Waals surface area contributed by atoms with E-state index in [2.05, 4.69) is 4.74 Å². The van der Waals surface area contributed by atoms with Gasteiger partial charge in [0, 0.05) is 44.6 Å². The molecule has 51 heavy (non-hydrogen) atoms. The molecule has 1 amide bonds. The third kappa shape index (κ3) is 6.99. The summed E-state index contributed by atoms with van der Waals surface area (Å²) < 4.78 is 82.9. The maximum Gasteiger partial charge on any atom is 0.573 e. The first-order chi connectivity index (χ1) is 23.8. The average Bonchev–Trinajstić information content (AvgIpc) is 3.44. The predicted octanol–water partition coefficient (Wildman–Crippen LogP) is 3.91. The molecule has 5 rings (SSSR count). The minimum atomic E-state index is -5.25. The fraction of sp³-hybridized carbons (Fsp3) is 0.400. The molecule has 16 heteroatoms. The van der Waals surface area contributed by atoms with E-state index < -0.39 is 80.3 Å². The Bertz CT molecular complexity index is 1980. The smallest absolute Gasteiger partial charge is 0.497 e. The summed E-state index contributed by atoms with van der Waals surface area (Å²) in [7, 11) is 0.930. The number of fused-ring (bicyclic) bond motifs is 1. The van der Waals surface area contributed by atoms with Crippen molar-refractivity contribution in [3.8, 4) is 17.2 Å². The molecule has 3 aromatic rings. The molecule has 2 aliphatic rings. The Balaban J connectivity index is 1.79. The third-order valence-corrected chi connectivity index (χ3v) is 11.1. The van der Waals surface area contributed by atoms with Gasteiger partial charge in [-0.25, -0.2) is 13.2 Å². The molecule has 1 heterocycles. The van der Waals surface area contributed by atoms with Gasteiger partial charge in [0.15, 0.2) is 21.4 Å². The Morgan fingerprint density at radius 1 is 1.00 bits per heavy atom. The number of nitrogens with zero attached hydrogens (tertiary/aromatic N) is 2. The van der Waals surface area contributed by atoms with Gasteiger partial charge in [0.25, 0.3) is 0 Å². The Labute approximate surface area is 292 Å². The molecule has 12 nitrogen and oxygen atoms in total. The number of β-amino-alcohol motifs (C(OH)–C–C–N with tert-alkyl or cyclic N) is 1. The van der Waals surface area contributed by atoms with Crippen LogP contribution in [-0.4, -0.2) is 105 Å². The standard InChI is InChI=1S/C35H37F3N2O10S/c1-19-6-10-28(49-5)26(12-19)34(40-17-22(41)15-27(40)32(43)39(2)3)25-13-20(33(44)45)7-9-24(25)21(14-31(34)42)18-51(46,47)30-11-8-23(48-4)16-29(30)50-35(36,37)38/h6-13,16,21-22,27,41H,14-15,17-18H2,1-5H3,(H,44,45)/t21?,22-,27+,34?/m1/s1. The molecule has 0 aromatic heterocycles. The number of hydrogen-bond acceptors (Lipinski definition) is 10. The summed E-state index contributed by atoms with van der Waals surface area (Å²) in [6, 6.07) is 10.6. The third-order valence-electron chi connectivity index (χ3n) is 9.28. The van der Waals surface area contributed by atoms with Crippen molar-refractivity contribution >= 4 is 27.5 Å². The van der Waals surface area contributed by atoms with Crippen LogP contribution < -0.4 is 14.2 Å². The zero-order valence-corrected chi connectivity index (χ0v) is 29.2. The number of aliphatic hydroxyl groups is 1. The van der Waals surface area contributed by atoms with Crippen LogP contribution in [0.4, 0.5) is 13.2 Å². The number of halogens is 3. The number of rotatable bonds is 10. The molecule has 2 unspecified atom stereocenters. The number of benzene rings is 3. The molecule has 1 aliphatic carbocycles. The highest BCUT2D eigenvalue weighted by molar-refractivity contribution is 7.91. The number of ketones is 1. The quantitative estimate of drug-likeness (QED) is 0.311. The molecule has 0 saturated carbocycles. The predicted molar refractivity (Wildman–Crippen MR) is 176 cm³/mol. The fourth-order valence-electron chi connectivity index (χ4n) is 7.16. The number of ether oxygens (including phenoxy) is 3. The molecule has 0 spiro atoms. The van der Waals surface area contributed by atoms with E-state index in [1.54, 1.807) is 25.1 Å². The van der Waals surface area contributed by atoms with Gasteiger partial charge in [-0.05, 0) is 60.9 Å². The van der Waals surface area contributed by atoms with E-state index in [0.29, 0.717) is 5.56 Å². The second-order valence-corrected chi connectivity index (χ2v) is 14.8. The lowest BCUT2D eigenvalue weighted by atomic mass is 9.66. The molecule has 0 bridgehead atoms. The van der Waals surface area contributed by atoms with E-state index in [1.807, 2.05) is 0 Å². The van der Waals surface area contributed by atoms with E-state index in [0.717, 1.165) is 18.2 Å². The van der Waals surface area contributed by atoms with Crippen LogP contribution in [0.25, 0.3) is 0 Å². The van der Waals surface area contributed by atoms with Crippen LogP contribution in [0, 0.1) is 6.92 Å². The van der Waals surface area contributed by atoms with Gasteiger partial charge in [0.2, 0.25) is 5.91 Å². The number of alkyl halides is 3. The number of carboxylic acids is 1. The number of likely N-dealkylation sites (tertiary alicyclic amines) is 1. The summed E-state index contributed by atoms with van der Waals surface area (Å²) in [6.07, 6.45) is -6.89. The monoisotopic (exact) mass is 734 g/mol. The number of likely N-dealkylation sites (N-methyl/N-ethyl adjacent to an activating group) is 1. The van der Waals surface area contributed by atoms with Crippen LogP contribution in [0.15, 0.2) is 59.5 Å². The van der Waals surface area contributed by atoms with Gasteiger partial charge in [-0.3, -0.25) is 14.5 Å². The second kappa shape index (κ2) is 13.8. The maximum atomic E-state index is 15.1. The molecule has 3 aromatic carbocycles. The van der Waals surface area contributed by atoms with E-state index in [4.69, 9.17) is 9.47 Å². The first-order valence-electron chi connectivity index (χ1n) is 15.7. The largest absolute Gasteiger partial charge is 0.573 e. The van der Waals surface area contributed by atoms with Gasteiger partial charge < -0.3 is 29.3 Å². The van der Waals surface area contributed by atoms with E-state index in [9.17, 15) is 41.4 Å².